The number of aromatic nitrogens is 1. The first-order valence-corrected chi connectivity index (χ1v) is 7.87. The molecule has 4 rings (SSSR count). The van der Waals surface area contributed by atoms with Crippen LogP contribution in [0, 0.1) is 0 Å². The Morgan fingerprint density at radius 1 is 1.16 bits per heavy atom. The number of ether oxygens (including phenoxy) is 2. The summed E-state index contributed by atoms with van der Waals surface area (Å²) in [6, 6.07) is 14.4. The number of halogens is 1. The van der Waals surface area contributed by atoms with Gasteiger partial charge in [0.2, 0.25) is 6.79 Å². The predicted octanol–water partition coefficient (Wildman–Crippen LogP) is 3.38. The molecule has 0 saturated heterocycles. The van der Waals surface area contributed by atoms with E-state index in [1.165, 1.54) is 6.21 Å². The summed E-state index contributed by atoms with van der Waals surface area (Å²) >= 11 is 6.15. The van der Waals surface area contributed by atoms with Crippen LogP contribution < -0.4 is 14.9 Å². The second-order valence-corrected chi connectivity index (χ2v) is 5.69. The molecule has 3 aromatic rings. The van der Waals surface area contributed by atoms with Gasteiger partial charge in [0.05, 0.1) is 11.7 Å². The lowest BCUT2D eigenvalue weighted by Crippen LogP contribution is -2.17. The van der Waals surface area contributed by atoms with E-state index in [-0.39, 0.29) is 12.7 Å². The van der Waals surface area contributed by atoms with E-state index < -0.39 is 0 Å². The minimum Gasteiger partial charge on any atom is -0.454 e. The first-order chi connectivity index (χ1) is 12.2. The number of rotatable bonds is 3. The Hall–Kier alpha value is -3.12. The summed E-state index contributed by atoms with van der Waals surface area (Å²) in [4.78, 5) is 16.5. The molecular formula is C18H12ClN3O3. The third kappa shape index (κ3) is 3.12. The number of carbonyl (C=O) groups excluding carboxylic acids is 1. The maximum atomic E-state index is 12.2. The number of benzene rings is 2. The van der Waals surface area contributed by atoms with Gasteiger partial charge in [0.15, 0.2) is 11.5 Å². The molecule has 0 fully saturated rings. The van der Waals surface area contributed by atoms with E-state index >= 15 is 0 Å². The average molecular weight is 354 g/mol. The largest absolute Gasteiger partial charge is 0.454 e. The van der Waals surface area contributed by atoms with Crippen LogP contribution in [0.25, 0.3) is 10.9 Å². The van der Waals surface area contributed by atoms with E-state index in [2.05, 4.69) is 15.5 Å². The third-order valence-corrected chi connectivity index (χ3v) is 4.01. The number of hydrogen-bond acceptors (Lipinski definition) is 5. The van der Waals surface area contributed by atoms with Gasteiger partial charge in [0.1, 0.15) is 5.15 Å². The molecule has 0 radical (unpaired) electrons. The van der Waals surface area contributed by atoms with Gasteiger partial charge in [-0.2, -0.15) is 5.10 Å². The van der Waals surface area contributed by atoms with Crippen molar-refractivity contribution in [2.24, 2.45) is 5.10 Å². The number of hydrogen-bond donors (Lipinski definition) is 1. The van der Waals surface area contributed by atoms with Crippen molar-refractivity contribution < 1.29 is 14.3 Å². The number of carbonyl (C=O) groups is 1. The maximum Gasteiger partial charge on any atom is 0.271 e. The van der Waals surface area contributed by atoms with Crippen LogP contribution in [0.15, 0.2) is 53.6 Å². The SMILES string of the molecule is O=C(N/N=C\c1cc2ccccc2nc1Cl)c1ccc2c(c1)OCO2. The van der Waals surface area contributed by atoms with Gasteiger partial charge in [-0.1, -0.05) is 29.8 Å². The second kappa shape index (κ2) is 6.41. The summed E-state index contributed by atoms with van der Waals surface area (Å²) < 4.78 is 10.5. The number of nitrogens with zero attached hydrogens (tertiary/aromatic N) is 2. The van der Waals surface area contributed by atoms with Gasteiger partial charge in [-0.05, 0) is 30.3 Å². The lowest BCUT2D eigenvalue weighted by molar-refractivity contribution is 0.0954. The lowest BCUT2D eigenvalue weighted by Gasteiger charge is -2.03. The number of pyridine rings is 1. The molecule has 0 unspecified atom stereocenters. The van der Waals surface area contributed by atoms with Gasteiger partial charge < -0.3 is 9.47 Å². The minimum absolute atomic E-state index is 0.159. The normalized spacial score (nSPS) is 12.7. The molecule has 0 spiro atoms. The lowest BCUT2D eigenvalue weighted by atomic mass is 10.2. The van der Waals surface area contributed by atoms with Crippen molar-refractivity contribution >= 4 is 34.6 Å². The number of hydrazone groups is 1. The van der Waals surface area contributed by atoms with E-state index in [0.717, 1.165) is 10.9 Å². The molecule has 2 aromatic carbocycles. The van der Waals surface area contributed by atoms with Crippen molar-refractivity contribution in [1.82, 2.24) is 10.4 Å². The van der Waals surface area contributed by atoms with Crippen molar-refractivity contribution in [3.63, 3.8) is 0 Å². The molecule has 124 valence electrons. The van der Waals surface area contributed by atoms with E-state index in [1.54, 1.807) is 18.2 Å². The zero-order valence-electron chi connectivity index (χ0n) is 12.9. The van der Waals surface area contributed by atoms with Crippen LogP contribution >= 0.6 is 11.6 Å². The quantitative estimate of drug-likeness (QED) is 0.445. The predicted molar refractivity (Wildman–Crippen MR) is 94.4 cm³/mol. The van der Waals surface area contributed by atoms with Crippen LogP contribution in [0.1, 0.15) is 15.9 Å². The van der Waals surface area contributed by atoms with Crippen LogP contribution in [0.3, 0.4) is 0 Å². The van der Waals surface area contributed by atoms with Crippen LogP contribution in [-0.2, 0) is 0 Å². The zero-order valence-corrected chi connectivity index (χ0v) is 13.7. The van der Waals surface area contributed by atoms with Crippen molar-refractivity contribution in [2.75, 3.05) is 6.79 Å². The van der Waals surface area contributed by atoms with Crippen molar-refractivity contribution in [2.45, 2.75) is 0 Å². The van der Waals surface area contributed by atoms with E-state index in [9.17, 15) is 4.79 Å². The molecule has 0 atom stereocenters. The highest BCUT2D eigenvalue weighted by atomic mass is 35.5. The Bertz CT molecular complexity index is 1000. The van der Waals surface area contributed by atoms with Gasteiger partial charge in [0.25, 0.3) is 5.91 Å². The van der Waals surface area contributed by atoms with E-state index in [1.807, 2.05) is 30.3 Å². The van der Waals surface area contributed by atoms with Gasteiger partial charge >= 0.3 is 0 Å². The third-order valence-electron chi connectivity index (χ3n) is 3.71. The molecular weight excluding hydrogens is 342 g/mol. The minimum atomic E-state index is -0.362. The van der Waals surface area contributed by atoms with Crippen molar-refractivity contribution in [3.8, 4) is 11.5 Å². The highest BCUT2D eigenvalue weighted by Gasteiger charge is 2.15. The van der Waals surface area contributed by atoms with Gasteiger partial charge in [-0.3, -0.25) is 4.79 Å². The summed E-state index contributed by atoms with van der Waals surface area (Å²) in [6.45, 7) is 0.159. The summed E-state index contributed by atoms with van der Waals surface area (Å²) in [5.41, 5.74) is 4.30. The highest BCUT2D eigenvalue weighted by molar-refractivity contribution is 6.32. The van der Waals surface area contributed by atoms with Crippen LogP contribution in [0.5, 0.6) is 11.5 Å². The molecule has 1 amide bonds. The van der Waals surface area contributed by atoms with Crippen LogP contribution in [-0.4, -0.2) is 23.9 Å². The number of nitrogens with one attached hydrogen (secondary N) is 1. The Morgan fingerprint density at radius 2 is 2.00 bits per heavy atom. The molecule has 2 heterocycles. The molecule has 25 heavy (non-hydrogen) atoms. The van der Waals surface area contributed by atoms with Gasteiger partial charge in [-0.25, -0.2) is 10.4 Å². The first-order valence-electron chi connectivity index (χ1n) is 7.49. The van der Waals surface area contributed by atoms with E-state index in [0.29, 0.717) is 27.8 Å². The molecule has 1 aromatic heterocycles. The monoisotopic (exact) mass is 353 g/mol. The number of para-hydroxylation sites is 1. The van der Waals surface area contributed by atoms with Crippen molar-refractivity contribution in [3.05, 3.63) is 64.8 Å². The summed E-state index contributed by atoms with van der Waals surface area (Å²) in [5.74, 6) is 0.798. The molecule has 1 aliphatic heterocycles. The van der Waals surface area contributed by atoms with E-state index in [4.69, 9.17) is 21.1 Å². The zero-order chi connectivity index (χ0) is 17.2. The summed E-state index contributed by atoms with van der Waals surface area (Å²) in [5, 5.41) is 5.22. The fourth-order valence-electron chi connectivity index (χ4n) is 2.46. The second-order valence-electron chi connectivity index (χ2n) is 5.33. The highest BCUT2D eigenvalue weighted by Crippen LogP contribution is 2.32. The number of amides is 1. The van der Waals surface area contributed by atoms with Gasteiger partial charge in [0, 0.05) is 16.5 Å². The Kier molecular flexibility index (Phi) is 3.95. The number of fused-ring (bicyclic) bond motifs is 2. The molecule has 0 bridgehead atoms. The summed E-state index contributed by atoms with van der Waals surface area (Å²) in [7, 11) is 0. The molecule has 0 aliphatic carbocycles. The smallest absolute Gasteiger partial charge is 0.271 e. The van der Waals surface area contributed by atoms with Crippen LogP contribution in [0.4, 0.5) is 0 Å². The molecule has 7 heteroatoms. The summed E-state index contributed by atoms with van der Waals surface area (Å²) in [6.07, 6.45) is 1.46. The van der Waals surface area contributed by atoms with Crippen LogP contribution in [0.2, 0.25) is 5.15 Å². The topological polar surface area (TPSA) is 72.8 Å². The molecule has 6 nitrogen and oxygen atoms in total. The fourth-order valence-corrected chi connectivity index (χ4v) is 2.66. The average Bonchev–Trinajstić information content (AvgIpc) is 3.09. The van der Waals surface area contributed by atoms with Gasteiger partial charge in [-0.15, -0.1) is 0 Å². The molecule has 1 aliphatic rings. The van der Waals surface area contributed by atoms with Crippen molar-refractivity contribution in [1.29, 1.82) is 0 Å². The molecule has 0 saturated carbocycles. The standard InChI is InChI=1S/C18H12ClN3O3/c19-17-13(7-11-3-1-2-4-14(11)21-17)9-20-22-18(23)12-5-6-15-16(8-12)25-10-24-15/h1-9H,10H2,(H,22,23)/b20-9-. The Labute approximate surface area is 148 Å². The maximum absolute atomic E-state index is 12.2. The molecule has 1 N–H and O–H groups in total. The Morgan fingerprint density at radius 3 is 2.92 bits per heavy atom. The first kappa shape index (κ1) is 15.4. The Balaban J connectivity index is 1.51. The fraction of sp³-hybridized carbons (Fsp3) is 0.0556.